The molecule has 0 bridgehead atoms. The summed E-state index contributed by atoms with van der Waals surface area (Å²) in [6.45, 7) is 1.89. The lowest BCUT2D eigenvalue weighted by molar-refractivity contribution is 0.0740. The van der Waals surface area contributed by atoms with E-state index in [0.29, 0.717) is 30.5 Å². The third-order valence-electron chi connectivity index (χ3n) is 5.15. The second-order valence-electron chi connectivity index (χ2n) is 7.10. The minimum Gasteiger partial charge on any atom is -0.386 e. The average Bonchev–Trinajstić information content (AvgIpc) is 3.34. The lowest BCUT2D eigenvalue weighted by atomic mass is 10.1. The molecule has 1 N–H and O–H groups in total. The van der Waals surface area contributed by atoms with Crippen LogP contribution < -0.4 is 0 Å². The third kappa shape index (κ3) is 2.66. The number of imidazole rings is 1. The predicted octanol–water partition coefficient (Wildman–Crippen LogP) is 1.42. The predicted molar refractivity (Wildman–Crippen MR) is 92.3 cm³/mol. The molecule has 0 aromatic carbocycles. The first-order valence-corrected chi connectivity index (χ1v) is 9.03. The number of aryl methyl sites for hydroxylation is 1. The van der Waals surface area contributed by atoms with Crippen molar-refractivity contribution in [1.82, 2.24) is 29.0 Å². The standard InChI is InChI=1S/C18H20N6O2/c25-16(12-3-4-12)14-9-13-10-22(7-2-8-24(13)21-14)17(26)15-11-23-6-1-5-19-18(23)20-15/h1,5-6,9,11-12,16,25H,2-4,7-8,10H2. The SMILES string of the molecule is O=C(c1cn2cccnc2n1)N1CCCn2nc(C(O)C3CC3)cc2C1. The molecule has 3 aromatic rings. The number of aliphatic hydroxyl groups is 1. The van der Waals surface area contributed by atoms with E-state index in [1.807, 2.05) is 16.9 Å². The molecule has 3 aromatic heterocycles. The van der Waals surface area contributed by atoms with Crippen LogP contribution in [0.2, 0.25) is 0 Å². The van der Waals surface area contributed by atoms with Gasteiger partial charge in [-0.25, -0.2) is 9.97 Å². The molecule has 8 nitrogen and oxygen atoms in total. The van der Waals surface area contributed by atoms with Gasteiger partial charge >= 0.3 is 0 Å². The number of rotatable bonds is 3. The van der Waals surface area contributed by atoms with Crippen LogP contribution >= 0.6 is 0 Å². The molecule has 134 valence electrons. The number of carbonyl (C=O) groups is 1. The van der Waals surface area contributed by atoms with E-state index in [9.17, 15) is 9.90 Å². The largest absolute Gasteiger partial charge is 0.386 e. The molecule has 1 amide bonds. The lowest BCUT2D eigenvalue weighted by Gasteiger charge is -2.18. The van der Waals surface area contributed by atoms with Crippen LogP contribution in [0.15, 0.2) is 30.7 Å². The van der Waals surface area contributed by atoms with E-state index < -0.39 is 6.10 Å². The molecule has 0 saturated heterocycles. The lowest BCUT2D eigenvalue weighted by Crippen LogP contribution is -2.31. The first kappa shape index (κ1) is 15.5. The molecule has 1 unspecified atom stereocenters. The van der Waals surface area contributed by atoms with Gasteiger partial charge in [-0.2, -0.15) is 5.10 Å². The summed E-state index contributed by atoms with van der Waals surface area (Å²) >= 11 is 0. The summed E-state index contributed by atoms with van der Waals surface area (Å²) in [5.41, 5.74) is 2.09. The van der Waals surface area contributed by atoms with Crippen molar-refractivity contribution in [3.05, 3.63) is 47.8 Å². The molecule has 0 spiro atoms. The summed E-state index contributed by atoms with van der Waals surface area (Å²) < 4.78 is 3.68. The van der Waals surface area contributed by atoms with E-state index in [4.69, 9.17) is 0 Å². The maximum atomic E-state index is 12.9. The highest BCUT2D eigenvalue weighted by molar-refractivity contribution is 5.92. The van der Waals surface area contributed by atoms with Crippen LogP contribution in [0.4, 0.5) is 0 Å². The highest BCUT2D eigenvalue weighted by Crippen LogP contribution is 2.40. The molecule has 2 aliphatic rings. The van der Waals surface area contributed by atoms with Crippen LogP contribution in [0.1, 0.15) is 47.2 Å². The second-order valence-corrected chi connectivity index (χ2v) is 7.10. The van der Waals surface area contributed by atoms with Crippen molar-refractivity contribution in [3.63, 3.8) is 0 Å². The Labute approximate surface area is 150 Å². The van der Waals surface area contributed by atoms with Crippen molar-refractivity contribution in [2.24, 2.45) is 5.92 Å². The molecule has 26 heavy (non-hydrogen) atoms. The van der Waals surface area contributed by atoms with E-state index in [-0.39, 0.29) is 5.91 Å². The minimum atomic E-state index is -0.483. The summed E-state index contributed by atoms with van der Waals surface area (Å²) in [6.07, 6.45) is 7.68. The number of amides is 1. The number of fused-ring (bicyclic) bond motifs is 2. The molecule has 1 fully saturated rings. The Bertz CT molecular complexity index is 940. The van der Waals surface area contributed by atoms with Gasteiger partial charge in [-0.3, -0.25) is 13.9 Å². The van der Waals surface area contributed by atoms with E-state index in [1.54, 1.807) is 27.8 Å². The van der Waals surface area contributed by atoms with Crippen LogP contribution in [-0.2, 0) is 13.1 Å². The Kier molecular flexibility index (Phi) is 3.53. The fourth-order valence-corrected chi connectivity index (χ4v) is 3.55. The smallest absolute Gasteiger partial charge is 0.274 e. The molecule has 1 aliphatic carbocycles. The van der Waals surface area contributed by atoms with Crippen LogP contribution in [0.3, 0.4) is 0 Å². The summed E-state index contributed by atoms with van der Waals surface area (Å²) in [5.74, 6) is 0.761. The molecular formula is C18H20N6O2. The zero-order chi connectivity index (χ0) is 17.7. The first-order valence-electron chi connectivity index (χ1n) is 9.03. The van der Waals surface area contributed by atoms with E-state index in [0.717, 1.165) is 37.2 Å². The van der Waals surface area contributed by atoms with Gasteiger partial charge in [-0.05, 0) is 37.3 Å². The number of hydrogen-bond donors (Lipinski definition) is 1. The van der Waals surface area contributed by atoms with Crippen molar-refractivity contribution < 1.29 is 9.90 Å². The number of carbonyl (C=O) groups excluding carboxylic acids is 1. The quantitative estimate of drug-likeness (QED) is 0.770. The molecule has 8 heteroatoms. The van der Waals surface area contributed by atoms with Crippen LogP contribution in [0.25, 0.3) is 5.78 Å². The molecule has 1 aliphatic heterocycles. The maximum Gasteiger partial charge on any atom is 0.274 e. The number of nitrogens with zero attached hydrogens (tertiary/aromatic N) is 6. The van der Waals surface area contributed by atoms with Gasteiger partial charge in [-0.15, -0.1) is 0 Å². The minimum absolute atomic E-state index is 0.102. The van der Waals surface area contributed by atoms with Gasteiger partial charge in [0.05, 0.1) is 17.9 Å². The topological polar surface area (TPSA) is 88.6 Å². The van der Waals surface area contributed by atoms with Gasteiger partial charge in [0.25, 0.3) is 5.91 Å². The highest BCUT2D eigenvalue weighted by Gasteiger charge is 2.33. The fraction of sp³-hybridized carbons (Fsp3) is 0.444. The van der Waals surface area contributed by atoms with Gasteiger partial charge in [-0.1, -0.05) is 0 Å². The zero-order valence-corrected chi connectivity index (χ0v) is 14.3. The van der Waals surface area contributed by atoms with Crippen LogP contribution in [0, 0.1) is 5.92 Å². The van der Waals surface area contributed by atoms with Crippen molar-refractivity contribution >= 4 is 11.7 Å². The van der Waals surface area contributed by atoms with Crippen molar-refractivity contribution in [2.45, 2.75) is 38.5 Å². The molecule has 4 heterocycles. The van der Waals surface area contributed by atoms with Gasteiger partial charge in [0.15, 0.2) is 0 Å². The Hall–Kier alpha value is -2.74. The van der Waals surface area contributed by atoms with Gasteiger partial charge in [0, 0.05) is 31.7 Å². The first-order chi connectivity index (χ1) is 12.7. The maximum absolute atomic E-state index is 12.9. The van der Waals surface area contributed by atoms with Crippen molar-refractivity contribution in [3.8, 4) is 0 Å². The van der Waals surface area contributed by atoms with E-state index in [1.165, 1.54) is 0 Å². The fourth-order valence-electron chi connectivity index (χ4n) is 3.55. The van der Waals surface area contributed by atoms with Gasteiger partial charge in [0.1, 0.15) is 11.8 Å². The molecule has 5 rings (SSSR count). The third-order valence-corrected chi connectivity index (χ3v) is 5.15. The Morgan fingerprint density at radius 2 is 2.19 bits per heavy atom. The average molecular weight is 352 g/mol. The molecule has 0 radical (unpaired) electrons. The summed E-state index contributed by atoms with van der Waals surface area (Å²) in [7, 11) is 0. The van der Waals surface area contributed by atoms with E-state index >= 15 is 0 Å². The van der Waals surface area contributed by atoms with Crippen LogP contribution in [-0.4, -0.2) is 46.6 Å². The normalized spacial score (nSPS) is 18.6. The number of aliphatic hydroxyl groups excluding tert-OH is 1. The molecule has 1 atom stereocenters. The number of aromatic nitrogens is 5. The number of hydrogen-bond acceptors (Lipinski definition) is 5. The van der Waals surface area contributed by atoms with Crippen molar-refractivity contribution in [1.29, 1.82) is 0 Å². The summed E-state index contributed by atoms with van der Waals surface area (Å²) in [4.78, 5) is 23.2. The monoisotopic (exact) mass is 352 g/mol. The Morgan fingerprint density at radius 3 is 3.00 bits per heavy atom. The zero-order valence-electron chi connectivity index (χ0n) is 14.3. The van der Waals surface area contributed by atoms with Gasteiger partial charge in [0.2, 0.25) is 5.78 Å². The highest BCUT2D eigenvalue weighted by atomic mass is 16.3. The summed E-state index contributed by atoms with van der Waals surface area (Å²) in [6, 6.07) is 3.75. The van der Waals surface area contributed by atoms with Crippen LogP contribution in [0.5, 0.6) is 0 Å². The summed E-state index contributed by atoms with van der Waals surface area (Å²) in [5, 5.41) is 14.9. The molecule has 1 saturated carbocycles. The van der Waals surface area contributed by atoms with E-state index in [2.05, 4.69) is 15.1 Å². The molecular weight excluding hydrogens is 332 g/mol. The second kappa shape index (κ2) is 5.91. The van der Waals surface area contributed by atoms with Gasteiger partial charge < -0.3 is 10.0 Å². The Balaban J connectivity index is 1.40. The Morgan fingerprint density at radius 1 is 1.31 bits per heavy atom. The van der Waals surface area contributed by atoms with Crippen molar-refractivity contribution in [2.75, 3.05) is 6.54 Å².